The molecule has 1 aliphatic heterocycles. The normalized spacial score (nSPS) is 17.1. The van der Waals surface area contributed by atoms with Crippen LogP contribution in [0.2, 0.25) is 0 Å². The van der Waals surface area contributed by atoms with Crippen LogP contribution in [-0.4, -0.2) is 43.6 Å². The molecular formula is C15H22N2O2. The predicted octanol–water partition coefficient (Wildman–Crippen LogP) is 1.67. The van der Waals surface area contributed by atoms with E-state index in [0.717, 1.165) is 31.7 Å². The molecule has 1 fully saturated rings. The van der Waals surface area contributed by atoms with Gasteiger partial charge in [-0.3, -0.25) is 4.79 Å². The fourth-order valence-electron chi connectivity index (χ4n) is 2.23. The molecule has 1 saturated heterocycles. The van der Waals surface area contributed by atoms with E-state index < -0.39 is 0 Å². The third-order valence-electron chi connectivity index (χ3n) is 3.42. The highest BCUT2D eigenvalue weighted by atomic mass is 16.5. The molecule has 1 N–H and O–H groups in total. The summed E-state index contributed by atoms with van der Waals surface area (Å²) in [6.45, 7) is 2.55. The second-order valence-electron chi connectivity index (χ2n) is 5.06. The minimum Gasteiger partial charge on any atom is -0.493 e. The van der Waals surface area contributed by atoms with Crippen LogP contribution in [0.1, 0.15) is 19.3 Å². The number of carbonyl (C=O) groups is 1. The van der Waals surface area contributed by atoms with Crippen molar-refractivity contribution in [2.75, 3.05) is 26.7 Å². The average molecular weight is 262 g/mol. The first-order valence-electron chi connectivity index (χ1n) is 6.90. The lowest BCUT2D eigenvalue weighted by atomic mass is 10.1. The van der Waals surface area contributed by atoms with E-state index in [2.05, 4.69) is 17.3 Å². The Morgan fingerprint density at radius 2 is 2.00 bits per heavy atom. The van der Waals surface area contributed by atoms with E-state index in [4.69, 9.17) is 4.74 Å². The van der Waals surface area contributed by atoms with Crippen molar-refractivity contribution in [1.82, 2.24) is 10.2 Å². The lowest BCUT2D eigenvalue weighted by Crippen LogP contribution is -2.43. The molecule has 4 nitrogen and oxygen atoms in total. The highest BCUT2D eigenvalue weighted by molar-refractivity contribution is 5.76. The van der Waals surface area contributed by atoms with Crippen molar-refractivity contribution in [3.63, 3.8) is 0 Å². The summed E-state index contributed by atoms with van der Waals surface area (Å²) in [5, 5.41) is 3.08. The molecule has 1 amide bonds. The van der Waals surface area contributed by atoms with Gasteiger partial charge in [-0.1, -0.05) is 18.2 Å². The largest absolute Gasteiger partial charge is 0.493 e. The summed E-state index contributed by atoms with van der Waals surface area (Å²) in [5.74, 6) is 0.903. The van der Waals surface area contributed by atoms with Gasteiger partial charge in [-0.2, -0.15) is 0 Å². The van der Waals surface area contributed by atoms with Crippen LogP contribution >= 0.6 is 0 Å². The summed E-state index contributed by atoms with van der Waals surface area (Å²) in [5.41, 5.74) is 0. The molecule has 0 aliphatic carbocycles. The Bertz CT molecular complexity index is 386. The van der Waals surface area contributed by atoms with Crippen LogP contribution in [0.5, 0.6) is 5.75 Å². The van der Waals surface area contributed by atoms with Gasteiger partial charge in [0.2, 0.25) is 5.91 Å². The first-order valence-corrected chi connectivity index (χ1v) is 6.90. The summed E-state index contributed by atoms with van der Waals surface area (Å²) in [6.07, 6.45) is 2.50. The fourth-order valence-corrected chi connectivity index (χ4v) is 2.23. The number of nitrogens with zero attached hydrogens (tertiary/aromatic N) is 1. The van der Waals surface area contributed by atoms with Gasteiger partial charge >= 0.3 is 0 Å². The number of piperidine rings is 1. The minimum absolute atomic E-state index is 0.0884. The number of benzene rings is 1. The van der Waals surface area contributed by atoms with E-state index in [0.29, 0.717) is 19.1 Å². The summed E-state index contributed by atoms with van der Waals surface area (Å²) < 4.78 is 5.51. The number of carbonyl (C=O) groups excluding carboxylic acids is 1. The van der Waals surface area contributed by atoms with Gasteiger partial charge in [-0.15, -0.1) is 0 Å². The van der Waals surface area contributed by atoms with Crippen LogP contribution in [0, 0.1) is 0 Å². The maximum Gasteiger partial charge on any atom is 0.223 e. The van der Waals surface area contributed by atoms with Crippen LogP contribution in [0.15, 0.2) is 30.3 Å². The molecule has 0 unspecified atom stereocenters. The fraction of sp³-hybridized carbons (Fsp3) is 0.533. The van der Waals surface area contributed by atoms with Gasteiger partial charge in [0.1, 0.15) is 5.75 Å². The zero-order valence-corrected chi connectivity index (χ0v) is 11.5. The van der Waals surface area contributed by atoms with Gasteiger partial charge in [0.25, 0.3) is 0 Å². The smallest absolute Gasteiger partial charge is 0.223 e. The Balaban J connectivity index is 1.62. The summed E-state index contributed by atoms with van der Waals surface area (Å²) in [6, 6.07) is 9.92. The van der Waals surface area contributed by atoms with Gasteiger partial charge < -0.3 is 15.0 Å². The Labute approximate surface area is 114 Å². The van der Waals surface area contributed by atoms with Gasteiger partial charge in [0.15, 0.2) is 0 Å². The molecule has 0 radical (unpaired) electrons. The number of hydrogen-bond acceptors (Lipinski definition) is 3. The average Bonchev–Trinajstić information content (AvgIpc) is 2.43. The molecular weight excluding hydrogens is 240 g/mol. The molecule has 0 atom stereocenters. The maximum atomic E-state index is 11.8. The molecule has 1 aromatic carbocycles. The Kier molecular flexibility index (Phi) is 5.21. The van der Waals surface area contributed by atoms with Crippen LogP contribution < -0.4 is 10.1 Å². The van der Waals surface area contributed by atoms with Crippen molar-refractivity contribution in [2.24, 2.45) is 0 Å². The van der Waals surface area contributed by atoms with E-state index in [1.165, 1.54) is 0 Å². The number of likely N-dealkylation sites (tertiary alicyclic amines) is 1. The highest BCUT2D eigenvalue weighted by Crippen LogP contribution is 2.10. The third-order valence-corrected chi connectivity index (χ3v) is 3.42. The number of rotatable bonds is 5. The summed E-state index contributed by atoms with van der Waals surface area (Å²) in [7, 11) is 2.12. The zero-order chi connectivity index (χ0) is 13.5. The molecule has 4 heteroatoms. The number of ether oxygens (including phenoxy) is 1. The molecule has 1 aromatic rings. The summed E-state index contributed by atoms with van der Waals surface area (Å²) >= 11 is 0. The van der Waals surface area contributed by atoms with E-state index in [1.54, 1.807) is 0 Å². The zero-order valence-electron chi connectivity index (χ0n) is 11.5. The highest BCUT2D eigenvalue weighted by Gasteiger charge is 2.18. The van der Waals surface area contributed by atoms with E-state index in [9.17, 15) is 4.79 Å². The van der Waals surface area contributed by atoms with Gasteiger partial charge in [-0.05, 0) is 45.1 Å². The Morgan fingerprint density at radius 1 is 1.32 bits per heavy atom. The van der Waals surface area contributed by atoms with Crippen molar-refractivity contribution in [1.29, 1.82) is 0 Å². The van der Waals surface area contributed by atoms with Crippen molar-refractivity contribution >= 4 is 5.91 Å². The third kappa shape index (κ3) is 4.91. The van der Waals surface area contributed by atoms with E-state index in [-0.39, 0.29) is 5.91 Å². The van der Waals surface area contributed by atoms with Crippen molar-refractivity contribution in [3.05, 3.63) is 30.3 Å². The SMILES string of the molecule is CN1CCC(NC(=O)CCOc2ccccc2)CC1. The topological polar surface area (TPSA) is 41.6 Å². The van der Waals surface area contributed by atoms with E-state index >= 15 is 0 Å². The van der Waals surface area contributed by atoms with Crippen LogP contribution in [0.3, 0.4) is 0 Å². The second-order valence-corrected chi connectivity index (χ2v) is 5.06. The molecule has 1 aliphatic rings. The molecule has 104 valence electrons. The molecule has 0 spiro atoms. The molecule has 2 rings (SSSR count). The number of amides is 1. The van der Waals surface area contributed by atoms with Gasteiger partial charge in [-0.25, -0.2) is 0 Å². The number of para-hydroxylation sites is 1. The maximum absolute atomic E-state index is 11.8. The monoisotopic (exact) mass is 262 g/mol. The van der Waals surface area contributed by atoms with Crippen molar-refractivity contribution in [3.8, 4) is 5.75 Å². The standard InChI is InChI=1S/C15H22N2O2/c1-17-10-7-13(8-11-17)16-15(18)9-12-19-14-5-3-2-4-6-14/h2-6,13H,7-12H2,1H3,(H,16,18). The molecule has 0 saturated carbocycles. The van der Waals surface area contributed by atoms with Crippen LogP contribution in [0.25, 0.3) is 0 Å². The minimum atomic E-state index is 0.0884. The van der Waals surface area contributed by atoms with Crippen LogP contribution in [-0.2, 0) is 4.79 Å². The quantitative estimate of drug-likeness (QED) is 0.877. The van der Waals surface area contributed by atoms with Crippen molar-refractivity contribution < 1.29 is 9.53 Å². The van der Waals surface area contributed by atoms with Gasteiger partial charge in [0.05, 0.1) is 13.0 Å². The first-order chi connectivity index (χ1) is 9.24. The first kappa shape index (κ1) is 13.9. The van der Waals surface area contributed by atoms with E-state index in [1.807, 2.05) is 30.3 Å². The molecule has 19 heavy (non-hydrogen) atoms. The lowest BCUT2D eigenvalue weighted by Gasteiger charge is -2.29. The Morgan fingerprint density at radius 3 is 2.68 bits per heavy atom. The van der Waals surface area contributed by atoms with Gasteiger partial charge in [0, 0.05) is 6.04 Å². The number of nitrogens with one attached hydrogen (secondary N) is 1. The lowest BCUT2D eigenvalue weighted by molar-refractivity contribution is -0.122. The molecule has 0 aromatic heterocycles. The van der Waals surface area contributed by atoms with Crippen molar-refractivity contribution in [2.45, 2.75) is 25.3 Å². The number of hydrogen-bond donors (Lipinski definition) is 1. The molecule has 0 bridgehead atoms. The predicted molar refractivity (Wildman–Crippen MR) is 75.2 cm³/mol. The van der Waals surface area contributed by atoms with Crippen LogP contribution in [0.4, 0.5) is 0 Å². The molecule has 1 heterocycles. The second kappa shape index (κ2) is 7.14. The summed E-state index contributed by atoms with van der Waals surface area (Å²) in [4.78, 5) is 14.1. The Hall–Kier alpha value is -1.55.